The van der Waals surface area contributed by atoms with Crippen LogP contribution in [0.25, 0.3) is 0 Å². The van der Waals surface area contributed by atoms with E-state index in [4.69, 9.17) is 9.47 Å². The molecule has 1 unspecified atom stereocenters. The number of nitrogens with zero attached hydrogens (tertiary/aromatic N) is 1. The van der Waals surface area contributed by atoms with Gasteiger partial charge in [-0.15, -0.1) is 0 Å². The fourth-order valence-electron chi connectivity index (χ4n) is 4.44. The Hall–Kier alpha value is -4.91. The standard InChI is InChI=1S/C34H34N2O5/c1-4-32(41-34(39)27-13-6-5-7-14-27)35-31(37)22-25-17-19-28(20-18-25)36(23-26-12-10-11-24(2)21-26)33(38)29-15-8-9-16-30(29)40-3/h5-21,32H,4,22-23H2,1-3H3,(H,35,37). The number of para-hydroxylation sites is 1. The van der Waals surface area contributed by atoms with Gasteiger partial charge in [-0.2, -0.15) is 0 Å². The van der Waals surface area contributed by atoms with E-state index in [2.05, 4.69) is 11.4 Å². The molecule has 0 heterocycles. The minimum atomic E-state index is -0.738. The third-order valence-corrected chi connectivity index (χ3v) is 6.57. The van der Waals surface area contributed by atoms with Gasteiger partial charge in [0.25, 0.3) is 5.91 Å². The molecule has 7 nitrogen and oxygen atoms in total. The first-order valence-electron chi connectivity index (χ1n) is 13.5. The highest BCUT2D eigenvalue weighted by Gasteiger charge is 2.22. The van der Waals surface area contributed by atoms with Crippen molar-refractivity contribution in [3.63, 3.8) is 0 Å². The lowest BCUT2D eigenvalue weighted by molar-refractivity contribution is -0.123. The maximum Gasteiger partial charge on any atom is 0.340 e. The summed E-state index contributed by atoms with van der Waals surface area (Å²) in [4.78, 5) is 40.6. The normalized spacial score (nSPS) is 11.3. The fourth-order valence-corrected chi connectivity index (χ4v) is 4.44. The Balaban J connectivity index is 1.48. The molecular weight excluding hydrogens is 516 g/mol. The Kier molecular flexibility index (Phi) is 9.89. The molecule has 41 heavy (non-hydrogen) atoms. The number of anilines is 1. The van der Waals surface area contributed by atoms with Crippen molar-refractivity contribution >= 4 is 23.5 Å². The molecule has 1 atom stereocenters. The Bertz CT molecular complexity index is 1480. The SMILES string of the molecule is CCC(NC(=O)Cc1ccc(N(Cc2cccc(C)c2)C(=O)c2ccccc2OC)cc1)OC(=O)c1ccccc1. The molecule has 0 bridgehead atoms. The predicted octanol–water partition coefficient (Wildman–Crippen LogP) is 6.10. The minimum Gasteiger partial charge on any atom is -0.496 e. The predicted molar refractivity (Wildman–Crippen MR) is 159 cm³/mol. The second kappa shape index (κ2) is 13.9. The number of carbonyl (C=O) groups excluding carboxylic acids is 3. The number of esters is 1. The zero-order valence-electron chi connectivity index (χ0n) is 23.5. The summed E-state index contributed by atoms with van der Waals surface area (Å²) in [5, 5.41) is 2.78. The molecule has 0 aliphatic carbocycles. The lowest BCUT2D eigenvalue weighted by Crippen LogP contribution is -2.38. The van der Waals surface area contributed by atoms with Gasteiger partial charge in [0, 0.05) is 12.1 Å². The number of benzene rings is 4. The summed E-state index contributed by atoms with van der Waals surface area (Å²) >= 11 is 0. The molecule has 0 saturated carbocycles. The van der Waals surface area contributed by atoms with Gasteiger partial charge < -0.3 is 19.7 Å². The van der Waals surface area contributed by atoms with Crippen molar-refractivity contribution in [3.8, 4) is 5.75 Å². The third kappa shape index (κ3) is 7.82. The van der Waals surface area contributed by atoms with Crippen molar-refractivity contribution in [2.75, 3.05) is 12.0 Å². The molecule has 0 spiro atoms. The molecule has 2 amide bonds. The zero-order chi connectivity index (χ0) is 29.2. The molecule has 4 rings (SSSR count). The van der Waals surface area contributed by atoms with Crippen LogP contribution < -0.4 is 15.0 Å². The van der Waals surface area contributed by atoms with E-state index in [1.54, 1.807) is 48.4 Å². The van der Waals surface area contributed by atoms with Crippen LogP contribution in [0.15, 0.2) is 103 Å². The first-order valence-corrected chi connectivity index (χ1v) is 13.5. The lowest BCUT2D eigenvalue weighted by Gasteiger charge is -2.24. The number of nitrogens with one attached hydrogen (secondary N) is 1. The van der Waals surface area contributed by atoms with Crippen LogP contribution in [0.3, 0.4) is 0 Å². The van der Waals surface area contributed by atoms with Crippen LogP contribution in [0.5, 0.6) is 5.75 Å². The van der Waals surface area contributed by atoms with Gasteiger partial charge in [-0.1, -0.05) is 79.2 Å². The second-order valence-electron chi connectivity index (χ2n) is 9.66. The number of methoxy groups -OCH3 is 1. The molecule has 0 aliphatic rings. The molecule has 4 aromatic carbocycles. The van der Waals surface area contributed by atoms with Gasteiger partial charge in [0.15, 0.2) is 6.23 Å². The van der Waals surface area contributed by atoms with Crippen LogP contribution in [0, 0.1) is 6.92 Å². The fraction of sp³-hybridized carbons (Fsp3) is 0.206. The number of hydrogen-bond acceptors (Lipinski definition) is 5. The van der Waals surface area contributed by atoms with Crippen LogP contribution in [0.1, 0.15) is 50.8 Å². The van der Waals surface area contributed by atoms with Crippen LogP contribution in [-0.2, 0) is 22.5 Å². The van der Waals surface area contributed by atoms with Crippen LogP contribution in [0.4, 0.5) is 5.69 Å². The zero-order valence-corrected chi connectivity index (χ0v) is 23.5. The summed E-state index contributed by atoms with van der Waals surface area (Å²) in [6.07, 6.45) is -0.210. The van der Waals surface area contributed by atoms with Crippen molar-refractivity contribution < 1.29 is 23.9 Å². The van der Waals surface area contributed by atoms with E-state index in [9.17, 15) is 14.4 Å². The van der Waals surface area contributed by atoms with Crippen molar-refractivity contribution in [1.82, 2.24) is 5.32 Å². The van der Waals surface area contributed by atoms with E-state index in [-0.39, 0.29) is 18.2 Å². The maximum atomic E-state index is 13.8. The van der Waals surface area contributed by atoms with Gasteiger partial charge in [0.05, 0.1) is 31.2 Å². The highest BCUT2D eigenvalue weighted by molar-refractivity contribution is 6.07. The van der Waals surface area contributed by atoms with Crippen LogP contribution in [0.2, 0.25) is 0 Å². The highest BCUT2D eigenvalue weighted by Crippen LogP contribution is 2.26. The summed E-state index contributed by atoms with van der Waals surface area (Å²) in [6, 6.07) is 31.1. The summed E-state index contributed by atoms with van der Waals surface area (Å²) in [5.74, 6) is -0.457. The monoisotopic (exact) mass is 550 g/mol. The van der Waals surface area contributed by atoms with Crippen LogP contribution >= 0.6 is 0 Å². The lowest BCUT2D eigenvalue weighted by atomic mass is 10.1. The average Bonchev–Trinajstić information content (AvgIpc) is 3.00. The largest absolute Gasteiger partial charge is 0.496 e. The van der Waals surface area contributed by atoms with Gasteiger partial charge in [0.2, 0.25) is 5.91 Å². The van der Waals surface area contributed by atoms with Gasteiger partial charge >= 0.3 is 5.97 Å². The van der Waals surface area contributed by atoms with E-state index < -0.39 is 12.2 Å². The van der Waals surface area contributed by atoms with Crippen molar-refractivity contribution in [2.45, 2.75) is 39.5 Å². The Morgan fingerprint density at radius 2 is 1.54 bits per heavy atom. The number of ether oxygens (including phenoxy) is 2. The molecule has 0 radical (unpaired) electrons. The molecular formula is C34H34N2O5. The summed E-state index contributed by atoms with van der Waals surface area (Å²) in [5.41, 5.74) is 4.43. The molecule has 210 valence electrons. The molecule has 0 saturated heterocycles. The smallest absolute Gasteiger partial charge is 0.340 e. The molecule has 0 aromatic heterocycles. The molecule has 0 fully saturated rings. The molecule has 1 N–H and O–H groups in total. The first kappa shape index (κ1) is 29.1. The van der Waals surface area contributed by atoms with E-state index in [0.29, 0.717) is 35.5 Å². The topological polar surface area (TPSA) is 84.9 Å². The molecule has 0 aliphatic heterocycles. The van der Waals surface area contributed by atoms with Gasteiger partial charge in [0.1, 0.15) is 5.75 Å². The summed E-state index contributed by atoms with van der Waals surface area (Å²) in [7, 11) is 1.54. The van der Waals surface area contributed by atoms with Gasteiger partial charge in [-0.05, 0) is 54.4 Å². The van der Waals surface area contributed by atoms with Crippen LogP contribution in [-0.4, -0.2) is 31.1 Å². The number of aryl methyl sites for hydroxylation is 1. The van der Waals surface area contributed by atoms with E-state index in [1.807, 2.05) is 74.5 Å². The number of rotatable bonds is 11. The van der Waals surface area contributed by atoms with Crippen molar-refractivity contribution in [2.24, 2.45) is 0 Å². The summed E-state index contributed by atoms with van der Waals surface area (Å²) in [6.45, 7) is 4.21. The quantitative estimate of drug-likeness (QED) is 0.180. The van der Waals surface area contributed by atoms with Crippen molar-refractivity contribution in [3.05, 3.63) is 131 Å². The average molecular weight is 551 g/mol. The minimum absolute atomic E-state index is 0.0952. The van der Waals surface area contributed by atoms with Gasteiger partial charge in [-0.3, -0.25) is 9.59 Å². The maximum absolute atomic E-state index is 13.8. The summed E-state index contributed by atoms with van der Waals surface area (Å²) < 4.78 is 10.9. The molecule has 7 heteroatoms. The Morgan fingerprint density at radius 3 is 2.22 bits per heavy atom. The van der Waals surface area contributed by atoms with E-state index in [0.717, 1.165) is 16.7 Å². The van der Waals surface area contributed by atoms with Crippen molar-refractivity contribution in [1.29, 1.82) is 0 Å². The number of hydrogen-bond donors (Lipinski definition) is 1. The van der Waals surface area contributed by atoms with Gasteiger partial charge in [-0.25, -0.2) is 4.79 Å². The molecule has 4 aromatic rings. The first-order chi connectivity index (χ1) is 19.9. The second-order valence-corrected chi connectivity index (χ2v) is 9.66. The third-order valence-electron chi connectivity index (χ3n) is 6.57. The Labute approximate surface area is 240 Å². The van der Waals surface area contributed by atoms with E-state index >= 15 is 0 Å². The number of amides is 2. The van der Waals surface area contributed by atoms with E-state index in [1.165, 1.54) is 0 Å². The number of carbonyl (C=O) groups is 3. The highest BCUT2D eigenvalue weighted by atomic mass is 16.6. The Morgan fingerprint density at radius 1 is 0.829 bits per heavy atom.